The average Bonchev–Trinajstić information content (AvgIpc) is 2.46. The van der Waals surface area contributed by atoms with Crippen LogP contribution in [-0.2, 0) is 9.47 Å². The topological polar surface area (TPSA) is 73.9 Å². The maximum Gasteiger partial charge on any atom is 0.183 e. The number of nitrogen functional groups attached to an aromatic ring is 1. The van der Waals surface area contributed by atoms with E-state index in [0.717, 1.165) is 5.56 Å². The maximum atomic E-state index is 8.64. The second-order valence-electron chi connectivity index (χ2n) is 3.85. The summed E-state index contributed by atoms with van der Waals surface area (Å²) in [6.45, 7) is -0.0520. The van der Waals surface area contributed by atoms with Gasteiger partial charge in [-0.05, 0) is 18.2 Å². The molecule has 0 atom stereocenters. The lowest BCUT2D eigenvalue weighted by Gasteiger charge is -2.16. The van der Waals surface area contributed by atoms with Gasteiger partial charge in [0.1, 0.15) is 5.75 Å². The zero-order valence-corrected chi connectivity index (χ0v) is 11.8. The Morgan fingerprint density at radius 2 is 2.00 bits per heavy atom. The van der Waals surface area contributed by atoms with Gasteiger partial charge in [-0.1, -0.05) is 17.9 Å². The van der Waals surface area contributed by atoms with Crippen LogP contribution in [0.3, 0.4) is 0 Å². The van der Waals surface area contributed by atoms with E-state index < -0.39 is 6.29 Å². The lowest BCUT2D eigenvalue weighted by atomic mass is 10.1. The van der Waals surface area contributed by atoms with Crippen molar-refractivity contribution in [2.45, 2.75) is 6.29 Å². The van der Waals surface area contributed by atoms with Crippen molar-refractivity contribution in [1.29, 1.82) is 0 Å². The Labute approximate surface area is 119 Å². The minimum Gasteiger partial charge on any atom is -0.495 e. The zero-order chi connectivity index (χ0) is 15.0. The molecule has 0 aliphatic carbocycles. The monoisotopic (exact) mass is 277 g/mol. The molecular weight excluding hydrogens is 258 g/mol. The standard InChI is InChI=1S/C15H19NO4/c1-18-14-10-11(15(19-2)20-3)9-13(16)12(14)7-5-4-6-8-17/h4,6,9-10,15,17H,8,16H2,1-3H3/b6-4+. The van der Waals surface area contributed by atoms with Crippen LogP contribution in [0.5, 0.6) is 5.75 Å². The summed E-state index contributed by atoms with van der Waals surface area (Å²) < 4.78 is 15.7. The number of hydrogen-bond acceptors (Lipinski definition) is 5. The Balaban J connectivity index is 3.19. The van der Waals surface area contributed by atoms with Gasteiger partial charge in [0.15, 0.2) is 6.29 Å². The molecule has 0 saturated carbocycles. The molecule has 1 aromatic rings. The smallest absolute Gasteiger partial charge is 0.183 e. The summed E-state index contributed by atoms with van der Waals surface area (Å²) >= 11 is 0. The predicted molar refractivity (Wildman–Crippen MR) is 77.3 cm³/mol. The van der Waals surface area contributed by atoms with Crippen molar-refractivity contribution >= 4 is 5.69 Å². The van der Waals surface area contributed by atoms with Crippen molar-refractivity contribution in [3.05, 3.63) is 35.4 Å². The number of anilines is 1. The molecule has 0 amide bonds. The first-order valence-corrected chi connectivity index (χ1v) is 5.98. The van der Waals surface area contributed by atoms with Gasteiger partial charge < -0.3 is 25.1 Å². The highest BCUT2D eigenvalue weighted by molar-refractivity contribution is 5.65. The number of aliphatic hydroxyl groups is 1. The molecule has 0 aliphatic rings. The fraction of sp³-hybridized carbons (Fsp3) is 0.333. The summed E-state index contributed by atoms with van der Waals surface area (Å²) in [6.07, 6.45) is 2.58. The van der Waals surface area contributed by atoms with E-state index >= 15 is 0 Å². The highest BCUT2D eigenvalue weighted by atomic mass is 16.7. The molecule has 0 aromatic heterocycles. The Kier molecular flexibility index (Phi) is 6.60. The molecule has 5 heteroatoms. The third kappa shape index (κ3) is 4.00. The third-order valence-corrected chi connectivity index (χ3v) is 2.58. The first kappa shape index (κ1) is 16.1. The van der Waals surface area contributed by atoms with Crippen LogP contribution in [0.15, 0.2) is 24.3 Å². The second-order valence-corrected chi connectivity index (χ2v) is 3.85. The molecule has 108 valence electrons. The highest BCUT2D eigenvalue weighted by Gasteiger charge is 2.14. The van der Waals surface area contributed by atoms with E-state index in [2.05, 4.69) is 11.8 Å². The summed E-state index contributed by atoms with van der Waals surface area (Å²) in [6, 6.07) is 3.51. The van der Waals surface area contributed by atoms with E-state index in [9.17, 15) is 0 Å². The summed E-state index contributed by atoms with van der Waals surface area (Å²) in [5, 5.41) is 8.64. The van der Waals surface area contributed by atoms with Crippen LogP contribution < -0.4 is 10.5 Å². The van der Waals surface area contributed by atoms with Crippen molar-refractivity contribution in [1.82, 2.24) is 0 Å². The molecule has 0 unspecified atom stereocenters. The van der Waals surface area contributed by atoms with Gasteiger partial charge in [0.05, 0.1) is 25.0 Å². The SMILES string of the molecule is COc1cc(C(OC)OC)cc(N)c1C#C/C=C/CO. The lowest BCUT2D eigenvalue weighted by Crippen LogP contribution is -2.06. The minimum atomic E-state index is -0.512. The molecule has 0 heterocycles. The first-order valence-electron chi connectivity index (χ1n) is 5.98. The molecular formula is C15H19NO4. The van der Waals surface area contributed by atoms with Gasteiger partial charge >= 0.3 is 0 Å². The maximum absolute atomic E-state index is 8.64. The second kappa shape index (κ2) is 8.23. The largest absolute Gasteiger partial charge is 0.495 e. The van der Waals surface area contributed by atoms with Gasteiger partial charge in [-0.15, -0.1) is 0 Å². The van der Waals surface area contributed by atoms with Crippen molar-refractivity contribution in [3.8, 4) is 17.6 Å². The van der Waals surface area contributed by atoms with Crippen LogP contribution in [0.1, 0.15) is 17.4 Å². The van der Waals surface area contributed by atoms with Gasteiger partial charge in [-0.3, -0.25) is 0 Å². The molecule has 1 rings (SSSR count). The van der Waals surface area contributed by atoms with Crippen molar-refractivity contribution < 1.29 is 19.3 Å². The number of methoxy groups -OCH3 is 3. The third-order valence-electron chi connectivity index (χ3n) is 2.58. The number of rotatable bonds is 5. The summed E-state index contributed by atoms with van der Waals surface area (Å²) in [7, 11) is 4.64. The Hall–Kier alpha value is -2.00. The van der Waals surface area contributed by atoms with E-state index in [1.165, 1.54) is 6.08 Å². The van der Waals surface area contributed by atoms with E-state index in [4.69, 9.17) is 25.1 Å². The quantitative estimate of drug-likeness (QED) is 0.484. The normalized spacial score (nSPS) is 10.7. The predicted octanol–water partition coefficient (Wildman–Crippen LogP) is 1.47. The van der Waals surface area contributed by atoms with Gasteiger partial charge in [0.2, 0.25) is 0 Å². The van der Waals surface area contributed by atoms with Gasteiger partial charge in [0, 0.05) is 19.8 Å². The van der Waals surface area contributed by atoms with E-state index in [1.54, 1.807) is 39.5 Å². The first-order chi connectivity index (χ1) is 9.67. The van der Waals surface area contributed by atoms with Crippen LogP contribution in [0.4, 0.5) is 5.69 Å². The van der Waals surface area contributed by atoms with Crippen LogP contribution >= 0.6 is 0 Å². The molecule has 0 saturated heterocycles. The number of benzene rings is 1. The van der Waals surface area contributed by atoms with Gasteiger partial charge in [-0.25, -0.2) is 0 Å². The number of allylic oxidation sites excluding steroid dienone is 1. The van der Waals surface area contributed by atoms with E-state index in [1.807, 2.05) is 0 Å². The Morgan fingerprint density at radius 1 is 1.30 bits per heavy atom. The zero-order valence-electron chi connectivity index (χ0n) is 11.8. The van der Waals surface area contributed by atoms with E-state index in [0.29, 0.717) is 17.0 Å². The lowest BCUT2D eigenvalue weighted by molar-refractivity contribution is -0.106. The summed E-state index contributed by atoms with van der Waals surface area (Å²) in [4.78, 5) is 0. The van der Waals surface area contributed by atoms with Crippen molar-refractivity contribution in [3.63, 3.8) is 0 Å². The van der Waals surface area contributed by atoms with Crippen molar-refractivity contribution in [2.24, 2.45) is 0 Å². The molecule has 0 spiro atoms. The number of nitrogens with two attached hydrogens (primary N) is 1. The van der Waals surface area contributed by atoms with E-state index in [-0.39, 0.29) is 6.61 Å². The fourth-order valence-electron chi connectivity index (χ4n) is 1.68. The molecule has 1 aromatic carbocycles. The molecule has 3 N–H and O–H groups in total. The van der Waals surface area contributed by atoms with Gasteiger partial charge in [-0.2, -0.15) is 0 Å². The summed E-state index contributed by atoms with van der Waals surface area (Å²) in [5.41, 5.74) is 7.81. The van der Waals surface area contributed by atoms with Crippen LogP contribution in [0.25, 0.3) is 0 Å². The van der Waals surface area contributed by atoms with Crippen LogP contribution in [0, 0.1) is 11.8 Å². The number of aliphatic hydroxyl groups excluding tert-OH is 1. The Morgan fingerprint density at radius 3 is 2.55 bits per heavy atom. The molecule has 5 nitrogen and oxygen atoms in total. The molecule has 20 heavy (non-hydrogen) atoms. The van der Waals surface area contributed by atoms with Crippen LogP contribution in [-0.4, -0.2) is 33.0 Å². The average molecular weight is 277 g/mol. The molecule has 0 radical (unpaired) electrons. The molecule has 0 aliphatic heterocycles. The number of hydrogen-bond donors (Lipinski definition) is 2. The molecule has 0 fully saturated rings. The van der Waals surface area contributed by atoms with Gasteiger partial charge in [0.25, 0.3) is 0 Å². The fourth-order valence-corrected chi connectivity index (χ4v) is 1.68. The van der Waals surface area contributed by atoms with Crippen LogP contribution in [0.2, 0.25) is 0 Å². The molecule has 0 bridgehead atoms. The number of ether oxygens (including phenoxy) is 3. The summed E-state index contributed by atoms with van der Waals surface area (Å²) in [5.74, 6) is 6.22. The minimum absolute atomic E-state index is 0.0520. The van der Waals surface area contributed by atoms with Crippen molar-refractivity contribution in [2.75, 3.05) is 33.7 Å². The Bertz CT molecular complexity index is 525. The highest BCUT2D eigenvalue weighted by Crippen LogP contribution is 2.30.